The molecule has 27 heavy (non-hydrogen) atoms. The lowest BCUT2D eigenvalue weighted by atomic mass is 10.1. The van der Waals surface area contributed by atoms with Gasteiger partial charge in [-0.1, -0.05) is 19.6 Å². The number of ether oxygens (including phenoxy) is 2. The summed E-state index contributed by atoms with van der Waals surface area (Å²) in [5.74, 6) is 0.187. The van der Waals surface area contributed by atoms with Gasteiger partial charge in [-0.25, -0.2) is 9.07 Å². The summed E-state index contributed by atoms with van der Waals surface area (Å²) in [6.45, 7) is 13.1. The number of hydrogen-bond donors (Lipinski definition) is 0. The minimum Gasteiger partial charge on any atom is -0.497 e. The van der Waals surface area contributed by atoms with Gasteiger partial charge < -0.3 is 14.4 Å². The fraction of sp³-hybridized carbons (Fsp3) is 0.650. The Balaban J connectivity index is 2.25. The lowest BCUT2D eigenvalue weighted by Gasteiger charge is -2.20. The Bertz CT molecular complexity index is 756. The number of aromatic nitrogens is 2. The van der Waals surface area contributed by atoms with Crippen LogP contribution in [0.1, 0.15) is 19.5 Å². The van der Waals surface area contributed by atoms with Crippen LogP contribution in [-0.2, 0) is 17.9 Å². The third-order valence-corrected chi connectivity index (χ3v) is 6.58. The van der Waals surface area contributed by atoms with E-state index in [0.717, 1.165) is 30.1 Å². The first kappa shape index (κ1) is 21.9. The molecule has 0 aliphatic carbocycles. The molecule has 5 nitrogen and oxygen atoms in total. The number of fused-ring (bicyclic) bond motifs is 1. The van der Waals surface area contributed by atoms with Crippen LogP contribution in [0, 0.1) is 5.82 Å². The van der Waals surface area contributed by atoms with Crippen LogP contribution >= 0.6 is 0 Å². The Morgan fingerprint density at radius 2 is 1.96 bits per heavy atom. The third-order valence-electron chi connectivity index (χ3n) is 4.88. The van der Waals surface area contributed by atoms with Crippen molar-refractivity contribution in [2.24, 2.45) is 0 Å². The van der Waals surface area contributed by atoms with Crippen LogP contribution < -0.4 is 4.74 Å². The van der Waals surface area contributed by atoms with Crippen molar-refractivity contribution in [1.29, 1.82) is 0 Å². The van der Waals surface area contributed by atoms with E-state index >= 15 is 0 Å². The maximum absolute atomic E-state index is 14.7. The topological polar surface area (TPSA) is 39.5 Å². The van der Waals surface area contributed by atoms with E-state index in [9.17, 15) is 4.39 Å². The first-order valence-corrected chi connectivity index (χ1v) is 13.3. The molecular formula is C20H34FN3O2Si. The van der Waals surface area contributed by atoms with Crippen molar-refractivity contribution in [2.45, 2.75) is 58.7 Å². The summed E-state index contributed by atoms with van der Waals surface area (Å²) in [6, 6.07) is 4.81. The molecule has 0 N–H and O–H groups in total. The van der Waals surface area contributed by atoms with E-state index in [2.05, 4.69) is 50.5 Å². The first-order chi connectivity index (χ1) is 12.6. The van der Waals surface area contributed by atoms with Gasteiger partial charge >= 0.3 is 0 Å². The Morgan fingerprint density at radius 3 is 2.56 bits per heavy atom. The molecule has 0 atom stereocenters. The predicted molar refractivity (Wildman–Crippen MR) is 112 cm³/mol. The van der Waals surface area contributed by atoms with Gasteiger partial charge in [0.1, 0.15) is 18.0 Å². The molecule has 0 saturated carbocycles. The van der Waals surface area contributed by atoms with E-state index < -0.39 is 8.07 Å². The number of rotatable bonds is 10. The van der Waals surface area contributed by atoms with E-state index in [1.807, 2.05) is 6.07 Å². The second kappa shape index (κ2) is 9.17. The van der Waals surface area contributed by atoms with E-state index in [0.29, 0.717) is 23.9 Å². The minimum atomic E-state index is -1.15. The van der Waals surface area contributed by atoms with Crippen LogP contribution in [0.3, 0.4) is 0 Å². The number of nitrogens with zero attached hydrogens (tertiary/aromatic N) is 3. The number of methoxy groups -OCH3 is 1. The highest BCUT2D eigenvalue weighted by atomic mass is 28.3. The van der Waals surface area contributed by atoms with Crippen LogP contribution in [0.15, 0.2) is 12.1 Å². The van der Waals surface area contributed by atoms with Crippen molar-refractivity contribution < 1.29 is 13.9 Å². The maximum atomic E-state index is 14.7. The molecule has 2 rings (SSSR count). The zero-order chi connectivity index (χ0) is 20.2. The highest BCUT2D eigenvalue weighted by molar-refractivity contribution is 6.76. The summed E-state index contributed by atoms with van der Waals surface area (Å²) >= 11 is 0. The predicted octanol–water partition coefficient (Wildman–Crippen LogP) is 4.38. The summed E-state index contributed by atoms with van der Waals surface area (Å²) in [5, 5.41) is 5.48. The van der Waals surface area contributed by atoms with E-state index in [1.165, 1.54) is 6.07 Å². The highest BCUT2D eigenvalue weighted by Crippen LogP contribution is 2.28. The standard InChI is InChI=1S/C20H34FN3O2Si/c1-15(2)23(3)9-8-19-17-12-16(25-4)13-18(21)20(17)24(22-19)14-26-10-11-27(5,6)7/h12-13,15H,8-11,14H2,1-7H3. The van der Waals surface area contributed by atoms with E-state index in [4.69, 9.17) is 9.47 Å². The zero-order valence-corrected chi connectivity index (χ0v) is 18.8. The SMILES string of the molecule is COc1cc(F)c2c(c1)c(CCN(C)C(C)C)nn2COCC[Si](C)(C)C. The van der Waals surface area contributed by atoms with Gasteiger partial charge in [0.15, 0.2) is 5.82 Å². The van der Waals surface area contributed by atoms with Crippen LogP contribution in [0.2, 0.25) is 25.7 Å². The molecule has 0 radical (unpaired) electrons. The van der Waals surface area contributed by atoms with Crippen molar-refractivity contribution in [2.75, 3.05) is 27.3 Å². The second-order valence-electron chi connectivity index (χ2n) is 8.62. The molecule has 0 fully saturated rings. The van der Waals surface area contributed by atoms with Crippen LogP contribution in [0.25, 0.3) is 10.9 Å². The fourth-order valence-electron chi connectivity index (χ4n) is 2.77. The number of hydrogen-bond acceptors (Lipinski definition) is 4. The van der Waals surface area contributed by atoms with Gasteiger partial charge in [-0.3, -0.25) is 0 Å². The molecule has 2 aromatic rings. The molecule has 0 saturated heterocycles. The summed E-state index contributed by atoms with van der Waals surface area (Å²) < 4.78 is 27.5. The number of benzene rings is 1. The molecule has 1 aromatic carbocycles. The molecule has 7 heteroatoms. The summed E-state index contributed by atoms with van der Waals surface area (Å²) in [6.07, 6.45) is 0.750. The lowest BCUT2D eigenvalue weighted by molar-refractivity contribution is 0.0809. The molecule has 0 unspecified atom stereocenters. The Morgan fingerprint density at radius 1 is 1.26 bits per heavy atom. The Hall–Kier alpha value is -1.44. The molecule has 0 aliphatic rings. The smallest absolute Gasteiger partial charge is 0.152 e. The summed E-state index contributed by atoms with van der Waals surface area (Å²) in [5.41, 5.74) is 1.37. The normalized spacial score (nSPS) is 12.5. The molecule has 0 amide bonds. The van der Waals surface area contributed by atoms with Gasteiger partial charge in [-0.05, 0) is 33.0 Å². The van der Waals surface area contributed by atoms with Crippen molar-refractivity contribution >= 4 is 19.0 Å². The summed E-state index contributed by atoms with van der Waals surface area (Å²) in [7, 11) is 2.49. The third kappa shape index (κ3) is 6.02. The molecule has 152 valence electrons. The van der Waals surface area contributed by atoms with Crippen molar-refractivity contribution in [3.63, 3.8) is 0 Å². The van der Waals surface area contributed by atoms with Gasteiger partial charge in [0, 0.05) is 45.1 Å². The average Bonchev–Trinajstić information content (AvgIpc) is 2.93. The fourth-order valence-corrected chi connectivity index (χ4v) is 3.53. The molecule has 0 spiro atoms. The lowest BCUT2D eigenvalue weighted by Crippen LogP contribution is -2.28. The highest BCUT2D eigenvalue weighted by Gasteiger charge is 2.18. The molecular weight excluding hydrogens is 361 g/mol. The van der Waals surface area contributed by atoms with Gasteiger partial charge in [0.2, 0.25) is 0 Å². The van der Waals surface area contributed by atoms with Crippen LogP contribution in [-0.4, -0.2) is 56.1 Å². The molecule has 0 aliphatic heterocycles. The monoisotopic (exact) mass is 395 g/mol. The van der Waals surface area contributed by atoms with Crippen molar-refractivity contribution in [1.82, 2.24) is 14.7 Å². The Kier molecular flexibility index (Phi) is 7.42. The quantitative estimate of drug-likeness (QED) is 0.442. The van der Waals surface area contributed by atoms with Crippen molar-refractivity contribution in [3.05, 3.63) is 23.6 Å². The molecule has 0 bridgehead atoms. The molecule has 1 heterocycles. The largest absolute Gasteiger partial charge is 0.497 e. The average molecular weight is 396 g/mol. The van der Waals surface area contributed by atoms with E-state index in [1.54, 1.807) is 11.8 Å². The number of halogens is 1. The van der Waals surface area contributed by atoms with Gasteiger partial charge in [-0.15, -0.1) is 0 Å². The van der Waals surface area contributed by atoms with Crippen LogP contribution in [0.5, 0.6) is 5.75 Å². The number of likely N-dealkylation sites (N-methyl/N-ethyl adjacent to an activating group) is 1. The van der Waals surface area contributed by atoms with Gasteiger partial charge in [0.05, 0.1) is 12.8 Å². The van der Waals surface area contributed by atoms with Crippen LogP contribution in [0.4, 0.5) is 4.39 Å². The second-order valence-corrected chi connectivity index (χ2v) is 14.2. The van der Waals surface area contributed by atoms with Gasteiger partial charge in [0.25, 0.3) is 0 Å². The molecule has 1 aromatic heterocycles. The summed E-state index contributed by atoms with van der Waals surface area (Å²) in [4.78, 5) is 2.26. The van der Waals surface area contributed by atoms with Crippen molar-refractivity contribution in [3.8, 4) is 5.75 Å². The van der Waals surface area contributed by atoms with Gasteiger partial charge in [-0.2, -0.15) is 5.10 Å². The zero-order valence-electron chi connectivity index (χ0n) is 17.8. The minimum absolute atomic E-state index is 0.268. The Labute approximate surface area is 163 Å². The first-order valence-electron chi connectivity index (χ1n) is 9.63. The van der Waals surface area contributed by atoms with E-state index in [-0.39, 0.29) is 12.5 Å². The maximum Gasteiger partial charge on any atom is 0.152 e.